The van der Waals surface area contributed by atoms with Gasteiger partial charge in [0.2, 0.25) is 0 Å². The smallest absolute Gasteiger partial charge is 0.0593 e. The number of nitrogens with zero attached hydrogens (tertiary/aromatic N) is 1. The molecule has 1 fully saturated rings. The van der Waals surface area contributed by atoms with Crippen molar-refractivity contribution in [3.63, 3.8) is 0 Å². The number of hydrogen-bond donors (Lipinski definition) is 0. The molecule has 1 rings (SSSR count). The van der Waals surface area contributed by atoms with Gasteiger partial charge in [-0.2, -0.15) is 0 Å². The summed E-state index contributed by atoms with van der Waals surface area (Å²) in [4.78, 5) is 2.53. The van der Waals surface area contributed by atoms with Crippen molar-refractivity contribution in [3.05, 3.63) is 0 Å². The van der Waals surface area contributed by atoms with E-state index < -0.39 is 0 Å². The molecule has 0 saturated carbocycles. The van der Waals surface area contributed by atoms with Gasteiger partial charge in [-0.05, 0) is 12.3 Å². The quantitative estimate of drug-likeness (QED) is 0.709. The van der Waals surface area contributed by atoms with Crippen molar-refractivity contribution in [2.24, 2.45) is 5.92 Å². The van der Waals surface area contributed by atoms with E-state index in [-0.39, 0.29) is 0 Å². The molecule has 0 aromatic carbocycles. The minimum atomic E-state index is 0.804. The Morgan fingerprint density at radius 2 is 2.23 bits per heavy atom. The number of rotatable bonds is 4. The van der Waals surface area contributed by atoms with Crippen LogP contribution in [0.2, 0.25) is 0 Å². The third kappa shape index (κ3) is 4.43. The Labute approximate surface area is 89.8 Å². The minimum absolute atomic E-state index is 0.804. The normalized spacial score (nSPS) is 22.6. The highest BCUT2D eigenvalue weighted by molar-refractivity contribution is 9.09. The van der Waals surface area contributed by atoms with Crippen molar-refractivity contribution in [2.45, 2.75) is 19.8 Å². The number of halogens is 1. The second-order valence-electron chi connectivity index (χ2n) is 3.70. The third-order valence-corrected chi connectivity index (χ3v) is 3.54. The molecule has 0 N–H and O–H groups in total. The van der Waals surface area contributed by atoms with Crippen molar-refractivity contribution in [1.29, 1.82) is 0 Å². The molecular formula is C10H20BrNO. The van der Waals surface area contributed by atoms with Crippen LogP contribution in [0.25, 0.3) is 0 Å². The van der Waals surface area contributed by atoms with Gasteiger partial charge in [-0.15, -0.1) is 0 Å². The largest absolute Gasteiger partial charge is 0.380 e. The van der Waals surface area contributed by atoms with Gasteiger partial charge in [-0.3, -0.25) is 0 Å². The number of alkyl halides is 1. The second-order valence-corrected chi connectivity index (χ2v) is 4.34. The first kappa shape index (κ1) is 11.5. The minimum Gasteiger partial charge on any atom is -0.380 e. The van der Waals surface area contributed by atoms with E-state index in [0.29, 0.717) is 0 Å². The molecule has 1 aliphatic heterocycles. The summed E-state index contributed by atoms with van der Waals surface area (Å²) in [5.41, 5.74) is 0. The summed E-state index contributed by atoms with van der Waals surface area (Å²) in [6, 6.07) is 0. The van der Waals surface area contributed by atoms with Gasteiger partial charge in [-0.25, -0.2) is 0 Å². The molecule has 1 unspecified atom stereocenters. The van der Waals surface area contributed by atoms with Gasteiger partial charge in [-0.1, -0.05) is 29.3 Å². The predicted octanol–water partition coefficient (Wildman–Crippen LogP) is 2.13. The maximum absolute atomic E-state index is 5.42. The second kappa shape index (κ2) is 6.80. The van der Waals surface area contributed by atoms with Crippen LogP contribution in [0.4, 0.5) is 0 Å². The zero-order valence-electron chi connectivity index (χ0n) is 8.47. The van der Waals surface area contributed by atoms with Crippen LogP contribution < -0.4 is 0 Å². The highest BCUT2D eigenvalue weighted by Crippen LogP contribution is 2.10. The van der Waals surface area contributed by atoms with Crippen molar-refractivity contribution >= 4 is 15.9 Å². The zero-order valence-corrected chi connectivity index (χ0v) is 10.1. The van der Waals surface area contributed by atoms with Gasteiger partial charge < -0.3 is 9.64 Å². The molecule has 1 heterocycles. The highest BCUT2D eigenvalue weighted by atomic mass is 79.9. The third-order valence-electron chi connectivity index (χ3n) is 2.63. The van der Waals surface area contributed by atoms with Gasteiger partial charge in [0.15, 0.2) is 0 Å². The van der Waals surface area contributed by atoms with Crippen LogP contribution >= 0.6 is 15.9 Å². The van der Waals surface area contributed by atoms with Crippen molar-refractivity contribution in [2.75, 3.05) is 38.2 Å². The molecule has 0 amide bonds. The van der Waals surface area contributed by atoms with Crippen LogP contribution in [0.1, 0.15) is 19.8 Å². The molecule has 0 aromatic rings. The van der Waals surface area contributed by atoms with Crippen LogP contribution in [0.15, 0.2) is 0 Å². The summed E-state index contributed by atoms with van der Waals surface area (Å²) in [5, 5.41) is 1.13. The van der Waals surface area contributed by atoms with Crippen LogP contribution in [0, 0.1) is 5.92 Å². The predicted molar refractivity (Wildman–Crippen MR) is 59.5 cm³/mol. The Kier molecular flexibility index (Phi) is 6.00. The first-order valence-electron chi connectivity index (χ1n) is 5.23. The van der Waals surface area contributed by atoms with Crippen LogP contribution in [0.3, 0.4) is 0 Å². The molecule has 0 radical (unpaired) electrons. The molecule has 1 aliphatic rings. The summed E-state index contributed by atoms with van der Waals surface area (Å²) < 4.78 is 5.42. The Morgan fingerprint density at radius 1 is 1.38 bits per heavy atom. The van der Waals surface area contributed by atoms with E-state index in [1.165, 1.54) is 25.9 Å². The molecule has 0 bridgehead atoms. The Morgan fingerprint density at radius 3 is 2.92 bits per heavy atom. The molecule has 1 atom stereocenters. The van der Waals surface area contributed by atoms with E-state index in [9.17, 15) is 0 Å². The molecule has 3 heteroatoms. The molecule has 78 valence electrons. The maximum Gasteiger partial charge on any atom is 0.0593 e. The number of hydrogen-bond acceptors (Lipinski definition) is 2. The summed E-state index contributed by atoms with van der Waals surface area (Å²) in [6.07, 6.45) is 2.46. The van der Waals surface area contributed by atoms with E-state index in [0.717, 1.165) is 31.0 Å². The lowest BCUT2D eigenvalue weighted by Crippen LogP contribution is -2.32. The summed E-state index contributed by atoms with van der Waals surface area (Å²) in [6.45, 7) is 7.68. The van der Waals surface area contributed by atoms with Crippen molar-refractivity contribution < 1.29 is 4.74 Å². The lowest BCUT2D eigenvalue weighted by Gasteiger charge is -2.23. The van der Waals surface area contributed by atoms with Crippen LogP contribution in [-0.2, 0) is 4.74 Å². The van der Waals surface area contributed by atoms with E-state index in [4.69, 9.17) is 4.74 Å². The van der Waals surface area contributed by atoms with E-state index in [1.807, 2.05) is 0 Å². The van der Waals surface area contributed by atoms with Crippen LogP contribution in [0.5, 0.6) is 0 Å². The summed E-state index contributed by atoms with van der Waals surface area (Å²) >= 11 is 3.56. The Hall–Kier alpha value is 0.400. The number of ether oxygens (including phenoxy) is 1. The fourth-order valence-corrected chi connectivity index (χ4v) is 2.30. The summed E-state index contributed by atoms with van der Waals surface area (Å²) in [5.74, 6) is 0.804. The van der Waals surface area contributed by atoms with Crippen molar-refractivity contribution in [3.8, 4) is 0 Å². The van der Waals surface area contributed by atoms with Gasteiger partial charge in [0.1, 0.15) is 0 Å². The fraction of sp³-hybridized carbons (Fsp3) is 1.00. The van der Waals surface area contributed by atoms with Gasteiger partial charge in [0, 0.05) is 31.6 Å². The van der Waals surface area contributed by atoms with E-state index in [2.05, 4.69) is 27.8 Å². The Bertz CT molecular complexity index is 120. The topological polar surface area (TPSA) is 12.5 Å². The lowest BCUT2D eigenvalue weighted by molar-refractivity contribution is 0.139. The highest BCUT2D eigenvalue weighted by Gasteiger charge is 2.13. The van der Waals surface area contributed by atoms with Crippen LogP contribution in [-0.4, -0.2) is 43.1 Å². The van der Waals surface area contributed by atoms with Gasteiger partial charge >= 0.3 is 0 Å². The standard InChI is InChI=1S/C10H20BrNO/c1-2-10(8-11)9-12-4-3-6-13-7-5-12/h10H,2-9H2,1H3. The lowest BCUT2D eigenvalue weighted by atomic mass is 10.1. The molecule has 1 saturated heterocycles. The molecule has 0 aliphatic carbocycles. The van der Waals surface area contributed by atoms with E-state index in [1.54, 1.807) is 0 Å². The molecule has 0 aromatic heterocycles. The van der Waals surface area contributed by atoms with Crippen molar-refractivity contribution in [1.82, 2.24) is 4.90 Å². The molecule has 13 heavy (non-hydrogen) atoms. The average Bonchev–Trinajstić information content (AvgIpc) is 2.42. The first-order chi connectivity index (χ1) is 6.36. The molecule has 2 nitrogen and oxygen atoms in total. The Balaban J connectivity index is 2.24. The monoisotopic (exact) mass is 249 g/mol. The average molecular weight is 250 g/mol. The van der Waals surface area contributed by atoms with Gasteiger partial charge in [0.05, 0.1) is 6.61 Å². The zero-order chi connectivity index (χ0) is 9.52. The molecule has 0 spiro atoms. The fourth-order valence-electron chi connectivity index (χ4n) is 1.63. The van der Waals surface area contributed by atoms with Gasteiger partial charge in [0.25, 0.3) is 0 Å². The SMILES string of the molecule is CCC(CBr)CN1CCCOCC1. The van der Waals surface area contributed by atoms with E-state index >= 15 is 0 Å². The maximum atomic E-state index is 5.42. The first-order valence-corrected chi connectivity index (χ1v) is 6.35. The molecular weight excluding hydrogens is 230 g/mol. The summed E-state index contributed by atoms with van der Waals surface area (Å²) in [7, 11) is 0.